The molecule has 0 radical (unpaired) electrons. The lowest BCUT2D eigenvalue weighted by Gasteiger charge is -2.09. The van der Waals surface area contributed by atoms with E-state index in [-0.39, 0.29) is 6.54 Å². The lowest BCUT2D eigenvalue weighted by Crippen LogP contribution is -2.29. The van der Waals surface area contributed by atoms with Crippen molar-refractivity contribution in [3.63, 3.8) is 0 Å². The van der Waals surface area contributed by atoms with Gasteiger partial charge in [-0.1, -0.05) is 30.3 Å². The average Bonchev–Trinajstić information content (AvgIpc) is 2.52. The second kappa shape index (κ2) is 7.49. The van der Waals surface area contributed by atoms with Gasteiger partial charge in [0.2, 0.25) is 0 Å². The number of hydrogen-bond acceptors (Lipinski definition) is 3. The molecule has 0 heterocycles. The van der Waals surface area contributed by atoms with Gasteiger partial charge in [-0.3, -0.25) is 4.79 Å². The number of benzene rings is 2. The first-order valence-electron chi connectivity index (χ1n) is 6.91. The highest BCUT2D eigenvalue weighted by molar-refractivity contribution is 5.91. The summed E-state index contributed by atoms with van der Waals surface area (Å²) in [5.41, 5.74) is 1.13. The molecule has 0 spiro atoms. The predicted molar refractivity (Wildman–Crippen MR) is 79.7 cm³/mol. The van der Waals surface area contributed by atoms with Crippen LogP contribution in [-0.4, -0.2) is 18.5 Å². The molecule has 0 aromatic heterocycles. The minimum Gasteiger partial charge on any atom is -0.452 e. The smallest absolute Gasteiger partial charge is 0.344 e. The SMILES string of the molecule is Cc1ccccc1CNC(=O)COC(=O)c1c(F)cccc1F. The maximum Gasteiger partial charge on any atom is 0.344 e. The van der Waals surface area contributed by atoms with Gasteiger partial charge < -0.3 is 10.1 Å². The summed E-state index contributed by atoms with van der Waals surface area (Å²) < 4.78 is 31.4. The van der Waals surface area contributed by atoms with Gasteiger partial charge in [-0.2, -0.15) is 0 Å². The average molecular weight is 319 g/mol. The number of carbonyl (C=O) groups excluding carboxylic acids is 2. The summed E-state index contributed by atoms with van der Waals surface area (Å²) in [4.78, 5) is 23.3. The molecule has 0 atom stereocenters. The normalized spacial score (nSPS) is 10.2. The Kier molecular flexibility index (Phi) is 5.41. The van der Waals surface area contributed by atoms with E-state index >= 15 is 0 Å². The molecule has 0 saturated carbocycles. The Balaban J connectivity index is 1.87. The standard InChI is InChI=1S/C17H15F2NO3/c1-11-5-2-3-6-12(11)9-20-15(21)10-23-17(22)16-13(18)7-4-8-14(16)19/h2-8H,9-10H2,1H3,(H,20,21). The Labute approximate surface area is 132 Å². The second-order valence-corrected chi connectivity index (χ2v) is 4.88. The summed E-state index contributed by atoms with van der Waals surface area (Å²) in [6.45, 7) is 1.57. The molecule has 0 fully saturated rings. The van der Waals surface area contributed by atoms with Crippen LogP contribution in [0.15, 0.2) is 42.5 Å². The molecule has 0 bridgehead atoms. The number of carbonyl (C=O) groups is 2. The third-order valence-electron chi connectivity index (χ3n) is 3.24. The number of aryl methyl sites for hydroxylation is 1. The Morgan fingerprint density at radius 3 is 2.35 bits per heavy atom. The summed E-state index contributed by atoms with van der Waals surface area (Å²) >= 11 is 0. The van der Waals surface area contributed by atoms with Gasteiger partial charge >= 0.3 is 5.97 Å². The van der Waals surface area contributed by atoms with Crippen molar-refractivity contribution in [2.75, 3.05) is 6.61 Å². The van der Waals surface area contributed by atoms with E-state index in [9.17, 15) is 18.4 Å². The first-order valence-corrected chi connectivity index (χ1v) is 6.91. The number of ether oxygens (including phenoxy) is 1. The zero-order valence-electron chi connectivity index (χ0n) is 12.4. The fourth-order valence-electron chi connectivity index (χ4n) is 1.95. The molecule has 4 nitrogen and oxygen atoms in total. The molecule has 1 N–H and O–H groups in total. The van der Waals surface area contributed by atoms with Crippen LogP contribution in [0.4, 0.5) is 8.78 Å². The molecular formula is C17H15F2NO3. The maximum atomic E-state index is 13.4. The number of halogens is 2. The van der Waals surface area contributed by atoms with E-state index < -0.39 is 35.7 Å². The Morgan fingerprint density at radius 1 is 1.04 bits per heavy atom. The third-order valence-corrected chi connectivity index (χ3v) is 3.24. The van der Waals surface area contributed by atoms with E-state index in [4.69, 9.17) is 0 Å². The van der Waals surface area contributed by atoms with Gasteiger partial charge in [0.1, 0.15) is 17.2 Å². The van der Waals surface area contributed by atoms with Gasteiger partial charge in [0, 0.05) is 6.54 Å². The van der Waals surface area contributed by atoms with Crippen LogP contribution in [0.1, 0.15) is 21.5 Å². The van der Waals surface area contributed by atoms with Crippen molar-refractivity contribution in [2.45, 2.75) is 13.5 Å². The Hall–Kier alpha value is -2.76. The zero-order chi connectivity index (χ0) is 16.8. The highest BCUT2D eigenvalue weighted by Crippen LogP contribution is 2.13. The summed E-state index contributed by atoms with van der Waals surface area (Å²) in [5, 5.41) is 2.57. The first-order chi connectivity index (χ1) is 11.0. The highest BCUT2D eigenvalue weighted by atomic mass is 19.1. The van der Waals surface area contributed by atoms with Crippen molar-refractivity contribution < 1.29 is 23.1 Å². The van der Waals surface area contributed by atoms with Crippen LogP contribution in [0.2, 0.25) is 0 Å². The largest absolute Gasteiger partial charge is 0.452 e. The number of hydrogen-bond donors (Lipinski definition) is 1. The monoisotopic (exact) mass is 319 g/mol. The fourth-order valence-corrected chi connectivity index (χ4v) is 1.95. The zero-order valence-corrected chi connectivity index (χ0v) is 12.4. The van der Waals surface area contributed by atoms with E-state index in [0.717, 1.165) is 29.3 Å². The predicted octanol–water partition coefficient (Wildman–Crippen LogP) is 2.75. The Bertz CT molecular complexity index is 711. The van der Waals surface area contributed by atoms with Gasteiger partial charge in [-0.15, -0.1) is 0 Å². The lowest BCUT2D eigenvalue weighted by molar-refractivity contribution is -0.124. The van der Waals surface area contributed by atoms with Crippen molar-refractivity contribution in [1.29, 1.82) is 0 Å². The summed E-state index contributed by atoms with van der Waals surface area (Å²) in [5.74, 6) is -3.84. The minimum absolute atomic E-state index is 0.275. The third kappa shape index (κ3) is 4.35. The molecule has 2 aromatic rings. The summed E-state index contributed by atoms with van der Waals surface area (Å²) in [6.07, 6.45) is 0. The van der Waals surface area contributed by atoms with E-state index in [1.165, 1.54) is 0 Å². The van der Waals surface area contributed by atoms with E-state index in [2.05, 4.69) is 10.1 Å². The van der Waals surface area contributed by atoms with Gasteiger partial charge in [0.05, 0.1) is 0 Å². The van der Waals surface area contributed by atoms with Crippen molar-refractivity contribution in [1.82, 2.24) is 5.32 Å². The number of rotatable bonds is 5. The van der Waals surface area contributed by atoms with Crippen LogP contribution in [-0.2, 0) is 16.1 Å². The van der Waals surface area contributed by atoms with Crippen molar-refractivity contribution in [2.24, 2.45) is 0 Å². The first kappa shape index (κ1) is 16.6. The van der Waals surface area contributed by atoms with Gasteiger partial charge in [-0.05, 0) is 30.2 Å². The quantitative estimate of drug-likeness (QED) is 0.862. The minimum atomic E-state index is -1.22. The number of amides is 1. The van der Waals surface area contributed by atoms with E-state index in [1.807, 2.05) is 31.2 Å². The lowest BCUT2D eigenvalue weighted by atomic mass is 10.1. The summed E-state index contributed by atoms with van der Waals surface area (Å²) in [6, 6.07) is 10.5. The molecule has 0 unspecified atom stereocenters. The second-order valence-electron chi connectivity index (χ2n) is 4.88. The topological polar surface area (TPSA) is 55.4 Å². The van der Waals surface area contributed by atoms with Gasteiger partial charge in [0.25, 0.3) is 5.91 Å². The van der Waals surface area contributed by atoms with E-state index in [1.54, 1.807) is 0 Å². The molecule has 120 valence electrons. The van der Waals surface area contributed by atoms with Crippen molar-refractivity contribution in [3.8, 4) is 0 Å². The number of esters is 1. The van der Waals surface area contributed by atoms with Crippen molar-refractivity contribution in [3.05, 3.63) is 70.8 Å². The van der Waals surface area contributed by atoms with Crippen LogP contribution in [0.5, 0.6) is 0 Å². The fraction of sp³-hybridized carbons (Fsp3) is 0.176. The summed E-state index contributed by atoms with van der Waals surface area (Å²) in [7, 11) is 0. The molecule has 1 amide bonds. The van der Waals surface area contributed by atoms with Crippen LogP contribution in [0, 0.1) is 18.6 Å². The maximum absolute atomic E-state index is 13.4. The molecule has 2 aromatic carbocycles. The Morgan fingerprint density at radius 2 is 1.70 bits per heavy atom. The highest BCUT2D eigenvalue weighted by Gasteiger charge is 2.19. The van der Waals surface area contributed by atoms with Crippen LogP contribution in [0.3, 0.4) is 0 Å². The van der Waals surface area contributed by atoms with Gasteiger partial charge in [0.15, 0.2) is 6.61 Å². The molecule has 23 heavy (non-hydrogen) atoms. The molecular weight excluding hydrogens is 304 g/mol. The van der Waals surface area contributed by atoms with Crippen LogP contribution in [0.25, 0.3) is 0 Å². The molecule has 6 heteroatoms. The van der Waals surface area contributed by atoms with Crippen molar-refractivity contribution >= 4 is 11.9 Å². The molecule has 0 aliphatic rings. The molecule has 0 aliphatic carbocycles. The van der Waals surface area contributed by atoms with Gasteiger partial charge in [-0.25, -0.2) is 13.6 Å². The molecule has 0 saturated heterocycles. The van der Waals surface area contributed by atoms with E-state index in [0.29, 0.717) is 0 Å². The van der Waals surface area contributed by atoms with Crippen LogP contribution >= 0.6 is 0 Å². The molecule has 0 aliphatic heterocycles. The number of nitrogens with one attached hydrogen (secondary N) is 1. The molecule has 2 rings (SSSR count). The van der Waals surface area contributed by atoms with Crippen LogP contribution < -0.4 is 5.32 Å².